The van der Waals surface area contributed by atoms with Crippen LogP contribution in [0, 0.1) is 0 Å². The molecule has 0 amide bonds. The Morgan fingerprint density at radius 3 is 2.70 bits per heavy atom. The van der Waals surface area contributed by atoms with Gasteiger partial charge in [0, 0.05) is 11.6 Å². The summed E-state index contributed by atoms with van der Waals surface area (Å²) in [5.41, 5.74) is 1.92. The lowest BCUT2D eigenvalue weighted by molar-refractivity contribution is 0.0466. The maximum absolute atomic E-state index is 12.5. The van der Waals surface area contributed by atoms with Gasteiger partial charge in [-0.2, -0.15) is 0 Å². The maximum Gasteiger partial charge on any atom is 0.339 e. The lowest BCUT2D eigenvalue weighted by Gasteiger charge is -2.06. The number of carbonyl (C=O) groups excluding carboxylic acids is 1. The normalized spacial score (nSPS) is 10.7. The molecule has 0 fully saturated rings. The second-order valence-corrected chi connectivity index (χ2v) is 6.02. The first kappa shape index (κ1) is 16.8. The lowest BCUT2D eigenvalue weighted by Crippen LogP contribution is -2.06. The summed E-state index contributed by atoms with van der Waals surface area (Å²) in [6.45, 7) is 0.0372. The summed E-state index contributed by atoms with van der Waals surface area (Å²) in [6.07, 6.45) is 0. The van der Waals surface area contributed by atoms with Gasteiger partial charge in [0.2, 0.25) is 0 Å². The van der Waals surface area contributed by atoms with E-state index in [0.29, 0.717) is 17.0 Å². The molecule has 5 nitrogen and oxygen atoms in total. The molecule has 0 N–H and O–H groups in total. The van der Waals surface area contributed by atoms with Gasteiger partial charge in [-0.05, 0) is 29.0 Å². The minimum atomic E-state index is -0.391. The zero-order chi connectivity index (χ0) is 18.6. The monoisotopic (exact) mass is 359 g/mol. The van der Waals surface area contributed by atoms with Gasteiger partial charge in [-0.3, -0.25) is 0 Å². The number of nitrogens with zero attached hydrogens (tertiary/aromatic N) is 1. The lowest BCUT2D eigenvalue weighted by atomic mass is 10.1. The predicted octanol–water partition coefficient (Wildman–Crippen LogP) is 4.86. The first-order chi connectivity index (χ1) is 13.2. The van der Waals surface area contributed by atoms with Gasteiger partial charge >= 0.3 is 5.97 Å². The van der Waals surface area contributed by atoms with Crippen molar-refractivity contribution in [2.24, 2.45) is 0 Å². The Balaban J connectivity index is 1.49. The summed E-state index contributed by atoms with van der Waals surface area (Å²) in [6, 6.07) is 22.5. The molecule has 0 spiro atoms. The number of fused-ring (bicyclic) bond motifs is 1. The number of methoxy groups -OCH3 is 1. The van der Waals surface area contributed by atoms with Gasteiger partial charge in [-0.1, -0.05) is 53.7 Å². The van der Waals surface area contributed by atoms with Gasteiger partial charge in [0.05, 0.1) is 12.7 Å². The molecule has 0 saturated carbocycles. The SMILES string of the molecule is COc1cccc(-c2cc(COC(=O)c3cccc4ccccc34)no2)c1. The Morgan fingerprint density at radius 2 is 1.81 bits per heavy atom. The quantitative estimate of drug-likeness (QED) is 0.476. The minimum absolute atomic E-state index is 0.0372. The van der Waals surface area contributed by atoms with Crippen LogP contribution >= 0.6 is 0 Å². The van der Waals surface area contributed by atoms with Crippen molar-refractivity contribution < 1.29 is 18.8 Å². The molecule has 0 bridgehead atoms. The van der Waals surface area contributed by atoms with E-state index in [-0.39, 0.29) is 6.61 Å². The molecular weight excluding hydrogens is 342 g/mol. The number of ether oxygens (including phenoxy) is 2. The van der Waals surface area contributed by atoms with Crippen LogP contribution in [-0.4, -0.2) is 18.2 Å². The summed E-state index contributed by atoms with van der Waals surface area (Å²) >= 11 is 0. The molecule has 1 aromatic heterocycles. The van der Waals surface area contributed by atoms with E-state index in [1.165, 1.54) is 0 Å². The average molecular weight is 359 g/mol. The third kappa shape index (κ3) is 3.53. The van der Waals surface area contributed by atoms with E-state index in [1.807, 2.05) is 60.7 Å². The smallest absolute Gasteiger partial charge is 0.339 e. The fourth-order valence-electron chi connectivity index (χ4n) is 2.91. The highest BCUT2D eigenvalue weighted by Crippen LogP contribution is 2.25. The standard InChI is InChI=1S/C22H17NO4/c1-25-18-9-4-8-16(12-18)21-13-17(23-27-21)14-26-22(24)20-11-5-7-15-6-2-3-10-19(15)20/h2-13H,14H2,1H3. The van der Waals surface area contributed by atoms with E-state index in [2.05, 4.69) is 5.16 Å². The molecule has 27 heavy (non-hydrogen) atoms. The highest BCUT2D eigenvalue weighted by atomic mass is 16.5. The van der Waals surface area contributed by atoms with Crippen molar-refractivity contribution >= 4 is 16.7 Å². The van der Waals surface area contributed by atoms with Crippen LogP contribution in [0.4, 0.5) is 0 Å². The molecule has 3 aromatic carbocycles. The van der Waals surface area contributed by atoms with Crippen LogP contribution in [0.2, 0.25) is 0 Å². The topological polar surface area (TPSA) is 61.6 Å². The third-order valence-electron chi connectivity index (χ3n) is 4.27. The van der Waals surface area contributed by atoms with Crippen LogP contribution in [0.25, 0.3) is 22.1 Å². The molecule has 1 heterocycles. The van der Waals surface area contributed by atoms with Crippen LogP contribution < -0.4 is 4.74 Å². The van der Waals surface area contributed by atoms with Crippen molar-refractivity contribution in [1.29, 1.82) is 0 Å². The van der Waals surface area contributed by atoms with Gasteiger partial charge in [-0.15, -0.1) is 0 Å². The second-order valence-electron chi connectivity index (χ2n) is 6.02. The van der Waals surface area contributed by atoms with Crippen LogP contribution in [0.1, 0.15) is 16.1 Å². The average Bonchev–Trinajstić information content (AvgIpc) is 3.21. The molecular formula is C22H17NO4. The van der Waals surface area contributed by atoms with Crippen molar-refractivity contribution in [3.63, 3.8) is 0 Å². The number of esters is 1. The van der Waals surface area contributed by atoms with E-state index in [9.17, 15) is 4.79 Å². The van der Waals surface area contributed by atoms with Crippen molar-refractivity contribution in [2.45, 2.75) is 6.61 Å². The molecule has 0 atom stereocenters. The molecule has 0 aliphatic rings. The van der Waals surface area contributed by atoms with E-state index >= 15 is 0 Å². The zero-order valence-corrected chi connectivity index (χ0v) is 14.7. The van der Waals surface area contributed by atoms with Crippen molar-refractivity contribution in [1.82, 2.24) is 5.16 Å². The summed E-state index contributed by atoms with van der Waals surface area (Å²) in [5.74, 6) is 0.927. The molecule has 4 rings (SSSR count). The summed E-state index contributed by atoms with van der Waals surface area (Å²) in [7, 11) is 1.61. The van der Waals surface area contributed by atoms with Gasteiger partial charge in [-0.25, -0.2) is 4.79 Å². The molecule has 5 heteroatoms. The molecule has 0 saturated heterocycles. The summed E-state index contributed by atoms with van der Waals surface area (Å²) in [5, 5.41) is 5.84. The Bertz CT molecular complexity index is 1090. The van der Waals surface area contributed by atoms with E-state index < -0.39 is 5.97 Å². The molecule has 4 aromatic rings. The van der Waals surface area contributed by atoms with E-state index in [1.54, 1.807) is 19.2 Å². The van der Waals surface area contributed by atoms with Crippen molar-refractivity contribution in [3.05, 3.63) is 84.1 Å². The van der Waals surface area contributed by atoms with Gasteiger partial charge in [0.15, 0.2) is 5.76 Å². The number of rotatable bonds is 5. The highest BCUT2D eigenvalue weighted by molar-refractivity contribution is 6.04. The van der Waals surface area contributed by atoms with E-state index in [4.69, 9.17) is 14.0 Å². The molecule has 0 aliphatic heterocycles. The van der Waals surface area contributed by atoms with E-state index in [0.717, 1.165) is 22.1 Å². The fraction of sp³-hybridized carbons (Fsp3) is 0.0909. The number of benzene rings is 3. The van der Waals surface area contributed by atoms with Crippen LogP contribution in [0.5, 0.6) is 5.75 Å². The maximum atomic E-state index is 12.5. The Labute approximate surface area is 156 Å². The third-order valence-corrected chi connectivity index (χ3v) is 4.27. The highest BCUT2D eigenvalue weighted by Gasteiger charge is 2.13. The first-order valence-electron chi connectivity index (χ1n) is 8.49. The molecule has 134 valence electrons. The van der Waals surface area contributed by atoms with Gasteiger partial charge in [0.25, 0.3) is 0 Å². The predicted molar refractivity (Wildman–Crippen MR) is 102 cm³/mol. The Morgan fingerprint density at radius 1 is 1.00 bits per heavy atom. The number of carbonyl (C=O) groups is 1. The largest absolute Gasteiger partial charge is 0.497 e. The van der Waals surface area contributed by atoms with Crippen LogP contribution in [0.15, 0.2) is 77.3 Å². The Kier molecular flexibility index (Phi) is 4.58. The van der Waals surface area contributed by atoms with Crippen LogP contribution in [-0.2, 0) is 11.3 Å². The van der Waals surface area contributed by atoms with Gasteiger partial charge in [0.1, 0.15) is 18.1 Å². The number of aromatic nitrogens is 1. The van der Waals surface area contributed by atoms with Crippen molar-refractivity contribution in [2.75, 3.05) is 7.11 Å². The molecule has 0 radical (unpaired) electrons. The first-order valence-corrected chi connectivity index (χ1v) is 8.49. The summed E-state index contributed by atoms with van der Waals surface area (Å²) < 4.78 is 16.0. The number of hydrogen-bond donors (Lipinski definition) is 0. The zero-order valence-electron chi connectivity index (χ0n) is 14.7. The second kappa shape index (κ2) is 7.33. The Hall–Kier alpha value is -3.60. The van der Waals surface area contributed by atoms with Crippen LogP contribution in [0.3, 0.4) is 0 Å². The number of hydrogen-bond acceptors (Lipinski definition) is 5. The molecule has 0 unspecified atom stereocenters. The minimum Gasteiger partial charge on any atom is -0.497 e. The summed E-state index contributed by atoms with van der Waals surface area (Å²) in [4.78, 5) is 12.5. The van der Waals surface area contributed by atoms with Crippen molar-refractivity contribution in [3.8, 4) is 17.1 Å². The fourth-order valence-corrected chi connectivity index (χ4v) is 2.91. The van der Waals surface area contributed by atoms with Gasteiger partial charge < -0.3 is 14.0 Å². The molecule has 0 aliphatic carbocycles.